The van der Waals surface area contributed by atoms with Gasteiger partial charge < -0.3 is 9.47 Å². The van der Waals surface area contributed by atoms with Crippen molar-refractivity contribution in [2.24, 2.45) is 0 Å². The number of nitrogens with one attached hydrogen (secondary N) is 1. The highest BCUT2D eigenvalue weighted by molar-refractivity contribution is 8.18. The number of nitrogens with zero attached hydrogens (tertiary/aromatic N) is 3. The van der Waals surface area contributed by atoms with Gasteiger partial charge in [-0.25, -0.2) is 0 Å². The molecule has 3 aromatic rings. The molecule has 8 nitrogen and oxygen atoms in total. The van der Waals surface area contributed by atoms with E-state index in [4.69, 9.17) is 21.1 Å². The number of hydrogen-bond donors (Lipinski definition) is 1. The lowest BCUT2D eigenvalue weighted by Gasteiger charge is -2.42. The molecule has 1 N–H and O–H groups in total. The summed E-state index contributed by atoms with van der Waals surface area (Å²) in [7, 11) is 0. The van der Waals surface area contributed by atoms with Gasteiger partial charge >= 0.3 is 6.18 Å². The van der Waals surface area contributed by atoms with E-state index in [1.54, 1.807) is 24.4 Å². The van der Waals surface area contributed by atoms with E-state index in [-0.39, 0.29) is 40.6 Å². The molecule has 4 heterocycles. The second-order valence-electron chi connectivity index (χ2n) is 9.92. The third-order valence-corrected chi connectivity index (χ3v) is 8.61. The molecular weight excluding hydrogens is 569 g/mol. The number of morpholine rings is 2. The van der Waals surface area contributed by atoms with E-state index in [9.17, 15) is 22.8 Å². The molecule has 2 aromatic carbocycles. The van der Waals surface area contributed by atoms with Crippen LogP contribution in [-0.4, -0.2) is 82.7 Å². The van der Waals surface area contributed by atoms with E-state index >= 15 is 0 Å². The molecule has 0 spiro atoms. The minimum absolute atomic E-state index is 0.0484. The summed E-state index contributed by atoms with van der Waals surface area (Å²) < 4.78 is 53.3. The second kappa shape index (κ2) is 10.8. The van der Waals surface area contributed by atoms with Crippen LogP contribution in [0.1, 0.15) is 16.7 Å². The van der Waals surface area contributed by atoms with Crippen molar-refractivity contribution in [2.75, 3.05) is 39.5 Å². The number of aromatic amines is 1. The van der Waals surface area contributed by atoms with E-state index in [2.05, 4.69) is 15.1 Å². The van der Waals surface area contributed by atoms with Gasteiger partial charge in [-0.2, -0.15) is 18.3 Å². The Morgan fingerprint density at radius 2 is 2.02 bits per heavy atom. The summed E-state index contributed by atoms with van der Waals surface area (Å²) in [4.78, 5) is 30.3. The number of H-pyrrole nitrogens is 1. The average molecular weight is 593 g/mol. The van der Waals surface area contributed by atoms with Crippen LogP contribution in [0.25, 0.3) is 16.5 Å². The Bertz CT molecular complexity index is 1510. The van der Waals surface area contributed by atoms with Gasteiger partial charge in [-0.1, -0.05) is 23.7 Å². The summed E-state index contributed by atoms with van der Waals surface area (Å²) in [6.45, 7) is 2.98. The molecule has 1 aromatic heterocycles. The number of allylic oxidation sites excluding steroid dienone is 1. The van der Waals surface area contributed by atoms with Crippen LogP contribution in [0.3, 0.4) is 0 Å². The number of carbonyl (C=O) groups is 2. The van der Waals surface area contributed by atoms with Crippen molar-refractivity contribution in [1.82, 2.24) is 20.0 Å². The number of aromatic nitrogens is 2. The molecule has 0 aliphatic carbocycles. The number of alkyl halides is 3. The maximum atomic E-state index is 14.0. The van der Waals surface area contributed by atoms with Crippen molar-refractivity contribution < 1.29 is 32.2 Å². The first kappa shape index (κ1) is 27.3. The second-order valence-corrected chi connectivity index (χ2v) is 11.3. The number of rotatable bonds is 5. The fourth-order valence-electron chi connectivity index (χ4n) is 5.30. The van der Waals surface area contributed by atoms with Crippen LogP contribution in [-0.2, 0) is 26.9 Å². The first-order chi connectivity index (χ1) is 19.2. The van der Waals surface area contributed by atoms with E-state index in [0.29, 0.717) is 37.5 Å². The zero-order valence-electron chi connectivity index (χ0n) is 21.0. The lowest BCUT2D eigenvalue weighted by Crippen LogP contribution is -2.57. The number of amides is 2. The highest BCUT2D eigenvalue weighted by Crippen LogP contribution is 2.41. The maximum Gasteiger partial charge on any atom is 0.416 e. The van der Waals surface area contributed by atoms with Crippen LogP contribution in [0.2, 0.25) is 5.02 Å². The van der Waals surface area contributed by atoms with E-state index < -0.39 is 22.9 Å². The van der Waals surface area contributed by atoms with Gasteiger partial charge in [-0.3, -0.25) is 24.5 Å². The first-order valence-corrected chi connectivity index (χ1v) is 13.9. The number of benzene rings is 2. The Kier molecular flexibility index (Phi) is 7.38. The van der Waals surface area contributed by atoms with Gasteiger partial charge in [0.05, 0.1) is 60.7 Å². The predicted molar refractivity (Wildman–Crippen MR) is 144 cm³/mol. The monoisotopic (exact) mass is 592 g/mol. The molecule has 0 radical (unpaired) electrons. The van der Waals surface area contributed by atoms with Crippen molar-refractivity contribution >= 4 is 51.0 Å². The summed E-state index contributed by atoms with van der Waals surface area (Å²) in [6, 6.07) is 8.90. The summed E-state index contributed by atoms with van der Waals surface area (Å²) in [5, 5.41) is 7.03. The number of halogens is 4. The zero-order valence-corrected chi connectivity index (χ0v) is 22.6. The maximum absolute atomic E-state index is 14.0. The molecule has 40 heavy (non-hydrogen) atoms. The number of thioether (sulfide) groups is 1. The summed E-state index contributed by atoms with van der Waals surface area (Å²) >= 11 is 6.64. The minimum atomic E-state index is -4.66. The quantitative estimate of drug-likeness (QED) is 0.418. The smallest absolute Gasteiger partial charge is 0.378 e. The molecule has 0 saturated carbocycles. The van der Waals surface area contributed by atoms with Crippen molar-refractivity contribution in [3.05, 3.63) is 69.2 Å². The number of ether oxygens (including phenoxy) is 2. The largest absolute Gasteiger partial charge is 0.416 e. The average Bonchev–Trinajstić information content (AvgIpc) is 3.51. The number of hydrogen-bond acceptors (Lipinski definition) is 7. The van der Waals surface area contributed by atoms with Crippen LogP contribution >= 0.6 is 23.4 Å². The third-order valence-electron chi connectivity index (χ3n) is 7.35. The molecule has 6 rings (SSSR count). The Morgan fingerprint density at radius 1 is 1.18 bits per heavy atom. The van der Waals surface area contributed by atoms with E-state index in [1.165, 1.54) is 12.1 Å². The highest BCUT2D eigenvalue weighted by atomic mass is 35.5. The normalized spacial score (nSPS) is 23.6. The highest BCUT2D eigenvalue weighted by Gasteiger charge is 2.41. The molecule has 3 aliphatic rings. The lowest BCUT2D eigenvalue weighted by atomic mass is 9.93. The van der Waals surface area contributed by atoms with Gasteiger partial charge in [-0.05, 0) is 59.1 Å². The SMILES string of the molecule is O=C1S/C(=C(/Cc2ccc(Cl)cc2C(F)(F)F)c2ccc3[nH]ncc3c2)C(=O)N1C[C@@H]1CN2CCOC[C@H]2CO1. The van der Waals surface area contributed by atoms with Crippen molar-refractivity contribution in [2.45, 2.75) is 24.7 Å². The molecule has 3 saturated heterocycles. The molecule has 210 valence electrons. The molecule has 13 heteroatoms. The minimum Gasteiger partial charge on any atom is -0.378 e. The fourth-order valence-corrected chi connectivity index (χ4v) is 6.42. The van der Waals surface area contributed by atoms with Crippen LogP contribution in [0.15, 0.2) is 47.5 Å². The van der Waals surface area contributed by atoms with Crippen molar-refractivity contribution in [1.29, 1.82) is 0 Å². The lowest BCUT2D eigenvalue weighted by molar-refractivity contribution is -0.138. The standard InChI is InChI=1S/C27H24ClF3N4O4S/c28-18-3-1-16(22(9-18)27(29,30)31)8-21(15-2-4-23-17(7-15)10-32-33-23)24-25(36)35(26(37)40-24)12-20-11-34-5-6-38-13-19(34)14-39-20/h1-4,7,9-10,19-20H,5-6,8,11-14H2,(H,32,33)/b24-21-/t19-,20-/m0/s1. The molecule has 2 amide bonds. The van der Waals surface area contributed by atoms with E-state index in [0.717, 1.165) is 40.2 Å². The molecule has 3 fully saturated rings. The Hall–Kier alpha value is -2.90. The predicted octanol–water partition coefficient (Wildman–Crippen LogP) is 4.98. The summed E-state index contributed by atoms with van der Waals surface area (Å²) in [5.74, 6) is -0.549. The Morgan fingerprint density at radius 3 is 2.85 bits per heavy atom. The third kappa shape index (κ3) is 5.38. The van der Waals surface area contributed by atoms with Crippen LogP contribution in [0.4, 0.5) is 18.0 Å². The molecule has 2 atom stereocenters. The number of fused-ring (bicyclic) bond motifs is 2. The Labute approximate surface area is 236 Å². The number of imide groups is 1. The molecule has 0 bridgehead atoms. The van der Waals surface area contributed by atoms with Gasteiger partial charge in [0.15, 0.2) is 0 Å². The molecule has 0 unspecified atom stereocenters. The van der Waals surface area contributed by atoms with Crippen molar-refractivity contribution in [3.8, 4) is 0 Å². The topological polar surface area (TPSA) is 87.8 Å². The van der Waals surface area contributed by atoms with Gasteiger partial charge in [0.1, 0.15) is 0 Å². The zero-order chi connectivity index (χ0) is 28.0. The Balaban J connectivity index is 1.35. The van der Waals surface area contributed by atoms with Crippen molar-refractivity contribution in [3.63, 3.8) is 0 Å². The molecular formula is C27H24ClF3N4O4S. The van der Waals surface area contributed by atoms with Gasteiger partial charge in [0.25, 0.3) is 11.1 Å². The van der Waals surface area contributed by atoms with Gasteiger partial charge in [0, 0.05) is 23.5 Å². The van der Waals surface area contributed by atoms with Gasteiger partial charge in [0.2, 0.25) is 0 Å². The summed E-state index contributed by atoms with van der Waals surface area (Å²) in [6.07, 6.45) is -3.68. The fraction of sp³-hybridized carbons (Fsp3) is 0.370. The van der Waals surface area contributed by atoms with Crippen LogP contribution in [0.5, 0.6) is 0 Å². The number of carbonyl (C=O) groups excluding carboxylic acids is 2. The summed E-state index contributed by atoms with van der Waals surface area (Å²) in [5.41, 5.74) is 0.624. The van der Waals surface area contributed by atoms with Gasteiger partial charge in [-0.15, -0.1) is 0 Å². The van der Waals surface area contributed by atoms with Crippen LogP contribution < -0.4 is 0 Å². The molecule has 3 aliphatic heterocycles. The van der Waals surface area contributed by atoms with Crippen LogP contribution in [0, 0.1) is 0 Å². The van der Waals surface area contributed by atoms with E-state index in [1.807, 2.05) is 0 Å². The first-order valence-electron chi connectivity index (χ1n) is 12.7.